The van der Waals surface area contributed by atoms with E-state index in [4.69, 9.17) is 9.84 Å². The Bertz CT molecular complexity index is 124. The van der Waals surface area contributed by atoms with Crippen molar-refractivity contribution in [3.05, 3.63) is 0 Å². The highest BCUT2D eigenvalue weighted by Crippen LogP contribution is 2.00. The second-order valence-electron chi connectivity index (χ2n) is 2.70. The van der Waals surface area contributed by atoms with E-state index in [1.54, 1.807) is 0 Å². The Morgan fingerprint density at radius 1 is 1.58 bits per heavy atom. The first kappa shape index (κ1) is 11.4. The number of hydrogen-bond donors (Lipinski definition) is 2. The van der Waals surface area contributed by atoms with Crippen LogP contribution in [0.5, 0.6) is 0 Å². The van der Waals surface area contributed by atoms with Crippen LogP contribution in [0.4, 0.5) is 0 Å². The summed E-state index contributed by atoms with van der Waals surface area (Å²) in [4.78, 5) is 9.99. The molecule has 0 bridgehead atoms. The topological polar surface area (TPSA) is 66.8 Å². The van der Waals surface area contributed by atoms with Crippen molar-refractivity contribution in [2.45, 2.75) is 32.3 Å². The number of unbranched alkanes of at least 4 members (excludes halogenated alkanes) is 1. The first-order valence-corrected chi connectivity index (χ1v) is 4.14. The Hall–Kier alpha value is -0.610. The Morgan fingerprint density at radius 3 is 2.75 bits per heavy atom. The number of aliphatic hydroxyl groups excluding tert-OH is 1. The van der Waals surface area contributed by atoms with Crippen molar-refractivity contribution in [2.24, 2.45) is 0 Å². The average molecular weight is 176 g/mol. The van der Waals surface area contributed by atoms with Crippen molar-refractivity contribution in [1.82, 2.24) is 0 Å². The number of hydrogen-bond acceptors (Lipinski definition) is 3. The van der Waals surface area contributed by atoms with E-state index >= 15 is 0 Å². The van der Waals surface area contributed by atoms with Crippen LogP contribution in [-0.2, 0) is 9.53 Å². The third kappa shape index (κ3) is 7.50. The second-order valence-corrected chi connectivity index (χ2v) is 2.70. The lowest BCUT2D eigenvalue weighted by molar-refractivity contribution is -0.143. The van der Waals surface area contributed by atoms with Crippen LogP contribution in [0.2, 0.25) is 0 Å². The zero-order chi connectivity index (χ0) is 9.40. The van der Waals surface area contributed by atoms with Crippen molar-refractivity contribution in [2.75, 3.05) is 13.2 Å². The SMILES string of the molecule is CCCCC(O)COCC(=O)O. The summed E-state index contributed by atoms with van der Waals surface area (Å²) < 4.78 is 4.70. The van der Waals surface area contributed by atoms with E-state index in [9.17, 15) is 9.90 Å². The molecule has 0 radical (unpaired) electrons. The van der Waals surface area contributed by atoms with Gasteiger partial charge in [-0.25, -0.2) is 4.79 Å². The van der Waals surface area contributed by atoms with E-state index in [2.05, 4.69) is 0 Å². The van der Waals surface area contributed by atoms with Crippen LogP contribution in [0.1, 0.15) is 26.2 Å². The Labute approximate surface area is 72.2 Å². The van der Waals surface area contributed by atoms with Crippen LogP contribution in [0.15, 0.2) is 0 Å². The highest BCUT2D eigenvalue weighted by molar-refractivity contribution is 5.67. The third-order valence-electron chi connectivity index (χ3n) is 1.43. The van der Waals surface area contributed by atoms with E-state index in [1.807, 2.05) is 6.92 Å². The smallest absolute Gasteiger partial charge is 0.329 e. The highest BCUT2D eigenvalue weighted by Gasteiger charge is 2.04. The first-order chi connectivity index (χ1) is 5.66. The quantitative estimate of drug-likeness (QED) is 0.597. The monoisotopic (exact) mass is 176 g/mol. The van der Waals surface area contributed by atoms with Gasteiger partial charge in [-0.05, 0) is 6.42 Å². The van der Waals surface area contributed by atoms with Gasteiger partial charge in [-0.1, -0.05) is 19.8 Å². The van der Waals surface area contributed by atoms with Gasteiger partial charge in [0.25, 0.3) is 0 Å². The molecule has 12 heavy (non-hydrogen) atoms. The van der Waals surface area contributed by atoms with E-state index in [1.165, 1.54) is 0 Å². The lowest BCUT2D eigenvalue weighted by Gasteiger charge is -2.08. The summed E-state index contributed by atoms with van der Waals surface area (Å²) in [6, 6.07) is 0. The molecule has 0 aliphatic rings. The van der Waals surface area contributed by atoms with Gasteiger partial charge in [0.15, 0.2) is 0 Å². The van der Waals surface area contributed by atoms with E-state index in [-0.39, 0.29) is 13.2 Å². The number of aliphatic hydroxyl groups is 1. The number of ether oxygens (including phenoxy) is 1. The summed E-state index contributed by atoms with van der Waals surface area (Å²) >= 11 is 0. The van der Waals surface area contributed by atoms with E-state index < -0.39 is 12.1 Å². The predicted octanol–water partition coefficient (Wildman–Crippen LogP) is 0.639. The number of carboxylic acid groups (broad SMARTS) is 1. The summed E-state index contributed by atoms with van der Waals surface area (Å²) in [7, 11) is 0. The van der Waals surface area contributed by atoms with Gasteiger partial charge in [0.1, 0.15) is 6.61 Å². The number of aliphatic carboxylic acids is 1. The van der Waals surface area contributed by atoms with Crippen molar-refractivity contribution < 1.29 is 19.7 Å². The van der Waals surface area contributed by atoms with Crippen LogP contribution in [0, 0.1) is 0 Å². The van der Waals surface area contributed by atoms with Crippen molar-refractivity contribution in [1.29, 1.82) is 0 Å². The molecule has 0 rings (SSSR count). The number of carboxylic acids is 1. The van der Waals surface area contributed by atoms with Gasteiger partial charge in [-0.2, -0.15) is 0 Å². The normalized spacial score (nSPS) is 12.8. The molecule has 1 atom stereocenters. The fourth-order valence-electron chi connectivity index (χ4n) is 0.805. The van der Waals surface area contributed by atoms with Crippen LogP contribution in [0.3, 0.4) is 0 Å². The van der Waals surface area contributed by atoms with E-state index in [0.29, 0.717) is 6.42 Å². The standard InChI is InChI=1S/C8H16O4/c1-2-3-4-7(9)5-12-6-8(10)11/h7,9H,2-6H2,1H3,(H,10,11). The van der Waals surface area contributed by atoms with Crippen LogP contribution in [-0.4, -0.2) is 35.5 Å². The molecular weight excluding hydrogens is 160 g/mol. The molecule has 0 aliphatic carbocycles. The lowest BCUT2D eigenvalue weighted by atomic mass is 10.2. The number of rotatable bonds is 7. The molecule has 0 saturated heterocycles. The minimum Gasteiger partial charge on any atom is -0.480 e. The molecule has 0 aromatic rings. The Morgan fingerprint density at radius 2 is 2.25 bits per heavy atom. The Kier molecular flexibility index (Phi) is 6.70. The van der Waals surface area contributed by atoms with Gasteiger partial charge in [-0.15, -0.1) is 0 Å². The summed E-state index contributed by atoms with van der Waals surface area (Å²) in [6.07, 6.45) is 2.12. The minimum absolute atomic E-state index is 0.117. The molecule has 2 N–H and O–H groups in total. The first-order valence-electron chi connectivity index (χ1n) is 4.14. The molecule has 1 unspecified atom stereocenters. The van der Waals surface area contributed by atoms with Crippen LogP contribution in [0.25, 0.3) is 0 Å². The number of carbonyl (C=O) groups is 1. The Balaban J connectivity index is 3.19. The van der Waals surface area contributed by atoms with Gasteiger partial charge in [-0.3, -0.25) is 0 Å². The molecule has 72 valence electrons. The molecule has 0 heterocycles. The zero-order valence-corrected chi connectivity index (χ0v) is 7.32. The predicted molar refractivity (Wildman–Crippen MR) is 44.0 cm³/mol. The highest BCUT2D eigenvalue weighted by atomic mass is 16.5. The summed E-state index contributed by atoms with van der Waals surface area (Å²) in [6.45, 7) is 1.82. The van der Waals surface area contributed by atoms with Gasteiger partial charge >= 0.3 is 5.97 Å². The zero-order valence-electron chi connectivity index (χ0n) is 7.32. The van der Waals surface area contributed by atoms with E-state index in [0.717, 1.165) is 12.8 Å². The van der Waals surface area contributed by atoms with Gasteiger partial charge in [0.2, 0.25) is 0 Å². The second kappa shape index (κ2) is 7.06. The lowest BCUT2D eigenvalue weighted by Crippen LogP contribution is -2.18. The maximum absolute atomic E-state index is 9.99. The fraction of sp³-hybridized carbons (Fsp3) is 0.875. The largest absolute Gasteiger partial charge is 0.480 e. The molecule has 0 spiro atoms. The van der Waals surface area contributed by atoms with Gasteiger partial charge in [0.05, 0.1) is 12.7 Å². The molecule has 0 aromatic carbocycles. The van der Waals surface area contributed by atoms with Crippen LogP contribution >= 0.6 is 0 Å². The summed E-state index contributed by atoms with van der Waals surface area (Å²) in [5.74, 6) is -1.00. The van der Waals surface area contributed by atoms with Crippen LogP contribution < -0.4 is 0 Å². The molecule has 0 fully saturated rings. The molecule has 0 aromatic heterocycles. The third-order valence-corrected chi connectivity index (χ3v) is 1.43. The van der Waals surface area contributed by atoms with Gasteiger partial charge in [0, 0.05) is 0 Å². The maximum Gasteiger partial charge on any atom is 0.329 e. The molecule has 0 saturated carbocycles. The molecule has 0 amide bonds. The van der Waals surface area contributed by atoms with Gasteiger partial charge < -0.3 is 14.9 Å². The molecular formula is C8H16O4. The molecule has 4 nitrogen and oxygen atoms in total. The van der Waals surface area contributed by atoms with Crippen molar-refractivity contribution >= 4 is 5.97 Å². The van der Waals surface area contributed by atoms with Crippen molar-refractivity contribution in [3.8, 4) is 0 Å². The fourth-order valence-corrected chi connectivity index (χ4v) is 0.805. The molecule has 4 heteroatoms. The summed E-state index contributed by atoms with van der Waals surface area (Å²) in [5, 5.41) is 17.4. The summed E-state index contributed by atoms with van der Waals surface area (Å²) in [5.41, 5.74) is 0. The molecule has 0 aliphatic heterocycles. The average Bonchev–Trinajstić information content (AvgIpc) is 2.00. The maximum atomic E-state index is 9.99. The van der Waals surface area contributed by atoms with Crippen molar-refractivity contribution in [3.63, 3.8) is 0 Å². The minimum atomic E-state index is -1.00.